The molecule has 3 aromatic rings. The Bertz CT molecular complexity index is 1370. The first-order valence-electron chi connectivity index (χ1n) is 12.8. The van der Waals surface area contributed by atoms with E-state index in [9.17, 15) is 19.2 Å². The zero-order valence-corrected chi connectivity index (χ0v) is 20.4. The lowest BCUT2D eigenvalue weighted by molar-refractivity contribution is -0.123. The Morgan fingerprint density at radius 2 is 1.41 bits per heavy atom. The maximum atomic E-state index is 13.5. The minimum absolute atomic E-state index is 0.133. The topological polar surface area (TPSA) is 80.8 Å². The van der Waals surface area contributed by atoms with Gasteiger partial charge in [0.2, 0.25) is 17.6 Å². The van der Waals surface area contributed by atoms with Crippen LogP contribution in [0.4, 0.5) is 5.69 Å². The minimum Gasteiger partial charge on any atom is -0.451 e. The molecule has 186 valence electrons. The third kappa shape index (κ3) is 3.88. The van der Waals surface area contributed by atoms with Crippen LogP contribution in [0.2, 0.25) is 0 Å². The van der Waals surface area contributed by atoms with Crippen LogP contribution in [0.3, 0.4) is 0 Å². The zero-order chi connectivity index (χ0) is 25.7. The summed E-state index contributed by atoms with van der Waals surface area (Å²) in [7, 11) is 0. The van der Waals surface area contributed by atoms with Crippen molar-refractivity contribution >= 4 is 29.3 Å². The monoisotopic (exact) mass is 493 g/mol. The lowest BCUT2D eigenvalue weighted by Crippen LogP contribution is -2.33. The highest BCUT2D eigenvalue weighted by Gasteiger charge is 2.64. The molecular weight excluding hydrogens is 466 g/mol. The van der Waals surface area contributed by atoms with Crippen LogP contribution in [-0.4, -0.2) is 29.7 Å². The number of amides is 2. The SMILES string of the molecule is C[C@@H](OC(=O)c1ccc(N2C(=O)[C@@H]3[C@H]4C[C@@H]([C@@H]3C2=O)[C@@H](c2ccccc2)C4)cc1)C(=O)c1ccccc1. The first-order valence-corrected chi connectivity index (χ1v) is 12.8. The summed E-state index contributed by atoms with van der Waals surface area (Å²) in [5, 5.41) is 0. The molecule has 6 rings (SSSR count). The molecule has 1 heterocycles. The molecule has 1 saturated heterocycles. The Balaban J connectivity index is 1.16. The molecule has 0 N–H and O–H groups in total. The van der Waals surface area contributed by atoms with Gasteiger partial charge in [-0.05, 0) is 67.3 Å². The van der Waals surface area contributed by atoms with Gasteiger partial charge in [-0.1, -0.05) is 60.7 Å². The second kappa shape index (κ2) is 9.11. The molecule has 2 amide bonds. The van der Waals surface area contributed by atoms with E-state index in [0.717, 1.165) is 12.8 Å². The van der Waals surface area contributed by atoms with Crippen molar-refractivity contribution in [3.63, 3.8) is 0 Å². The third-order valence-corrected chi connectivity index (χ3v) is 8.32. The number of ketones is 1. The number of carbonyl (C=O) groups is 4. The number of anilines is 1. The number of fused-ring (bicyclic) bond motifs is 5. The van der Waals surface area contributed by atoms with Crippen LogP contribution < -0.4 is 4.90 Å². The number of esters is 1. The zero-order valence-electron chi connectivity index (χ0n) is 20.4. The van der Waals surface area contributed by atoms with Crippen LogP contribution in [0.1, 0.15) is 52.0 Å². The van der Waals surface area contributed by atoms with Gasteiger partial charge in [0.15, 0.2) is 6.10 Å². The van der Waals surface area contributed by atoms with E-state index >= 15 is 0 Å². The van der Waals surface area contributed by atoms with Crippen LogP contribution in [0.15, 0.2) is 84.9 Å². The van der Waals surface area contributed by atoms with E-state index in [2.05, 4.69) is 12.1 Å². The summed E-state index contributed by atoms with van der Waals surface area (Å²) in [6, 6.07) is 25.2. The molecule has 3 aliphatic rings. The van der Waals surface area contributed by atoms with Gasteiger partial charge in [0.05, 0.1) is 23.1 Å². The quantitative estimate of drug-likeness (QED) is 0.273. The highest BCUT2D eigenvalue weighted by molar-refractivity contribution is 6.22. The van der Waals surface area contributed by atoms with Crippen molar-refractivity contribution in [2.45, 2.75) is 31.8 Å². The van der Waals surface area contributed by atoms with E-state index in [0.29, 0.717) is 17.2 Å². The Hall–Kier alpha value is -4.06. The van der Waals surface area contributed by atoms with Crippen LogP contribution in [0.25, 0.3) is 0 Å². The lowest BCUT2D eigenvalue weighted by atomic mass is 9.73. The van der Waals surface area contributed by atoms with E-state index < -0.39 is 12.1 Å². The highest BCUT2D eigenvalue weighted by Crippen LogP contribution is 2.61. The van der Waals surface area contributed by atoms with Crippen LogP contribution >= 0.6 is 0 Å². The summed E-state index contributed by atoms with van der Waals surface area (Å²) in [6.07, 6.45) is 0.918. The normalized spacial score (nSPS) is 26.7. The smallest absolute Gasteiger partial charge is 0.338 e. The van der Waals surface area contributed by atoms with Gasteiger partial charge in [-0.2, -0.15) is 0 Å². The van der Waals surface area contributed by atoms with Crippen molar-refractivity contribution in [1.29, 1.82) is 0 Å². The summed E-state index contributed by atoms with van der Waals surface area (Å²) in [5.41, 5.74) is 2.43. The van der Waals surface area contributed by atoms with Crippen LogP contribution in [-0.2, 0) is 14.3 Å². The number of hydrogen-bond donors (Lipinski definition) is 0. The average Bonchev–Trinajstić information content (AvgIpc) is 3.60. The van der Waals surface area contributed by atoms with E-state index in [4.69, 9.17) is 4.74 Å². The van der Waals surface area contributed by atoms with Crippen molar-refractivity contribution in [1.82, 2.24) is 0 Å². The molecule has 2 saturated carbocycles. The number of benzene rings is 3. The average molecular weight is 494 g/mol. The van der Waals surface area contributed by atoms with Crippen molar-refractivity contribution in [2.75, 3.05) is 4.90 Å². The molecule has 0 radical (unpaired) electrons. The van der Waals surface area contributed by atoms with E-state index in [1.54, 1.807) is 43.3 Å². The van der Waals surface area contributed by atoms with Crippen molar-refractivity contribution in [3.05, 3.63) is 102 Å². The fourth-order valence-corrected chi connectivity index (χ4v) is 6.66. The van der Waals surface area contributed by atoms with Gasteiger partial charge < -0.3 is 4.74 Å². The standard InChI is InChI=1S/C31H27NO5/c1-18(28(33)20-10-6-3-7-11-20)37-31(36)21-12-14-23(15-13-21)32-29(34)26-22-16-24(19-8-4-2-5-9-19)25(17-22)27(26)30(32)35/h2-15,18,22,24-27H,16-17H2,1H3/t18-,22-,24-,25-,26-,27+/m1/s1. The summed E-state index contributed by atoms with van der Waals surface area (Å²) in [4.78, 5) is 53.4. The molecule has 37 heavy (non-hydrogen) atoms. The summed E-state index contributed by atoms with van der Waals surface area (Å²) >= 11 is 0. The number of Topliss-reactive ketones (excluding diaryl/α,β-unsaturated/α-hetero) is 1. The molecule has 2 bridgehead atoms. The number of carbonyl (C=O) groups excluding carboxylic acids is 4. The molecule has 0 aromatic heterocycles. The molecule has 6 heteroatoms. The second-order valence-electron chi connectivity index (χ2n) is 10.3. The number of nitrogens with zero attached hydrogens (tertiary/aromatic N) is 1. The molecule has 0 spiro atoms. The fraction of sp³-hybridized carbons (Fsp3) is 0.290. The third-order valence-electron chi connectivity index (χ3n) is 8.32. The largest absolute Gasteiger partial charge is 0.451 e. The number of imide groups is 1. The second-order valence-corrected chi connectivity index (χ2v) is 10.3. The van der Waals surface area contributed by atoms with E-state index in [1.807, 2.05) is 24.3 Å². The number of hydrogen-bond acceptors (Lipinski definition) is 5. The van der Waals surface area contributed by atoms with Gasteiger partial charge in [-0.3, -0.25) is 19.3 Å². The molecule has 3 fully saturated rings. The number of rotatable bonds is 6. The minimum atomic E-state index is -0.941. The molecule has 2 aliphatic carbocycles. The van der Waals surface area contributed by atoms with Gasteiger partial charge in [-0.25, -0.2) is 4.79 Å². The summed E-state index contributed by atoms with van der Waals surface area (Å²) in [6.45, 7) is 1.54. The van der Waals surface area contributed by atoms with Gasteiger partial charge in [0.25, 0.3) is 0 Å². The van der Waals surface area contributed by atoms with Gasteiger partial charge in [-0.15, -0.1) is 0 Å². The van der Waals surface area contributed by atoms with Crippen molar-refractivity contribution in [3.8, 4) is 0 Å². The van der Waals surface area contributed by atoms with Crippen molar-refractivity contribution < 1.29 is 23.9 Å². The molecule has 6 nitrogen and oxygen atoms in total. The Labute approximate surface area is 215 Å². The Kier molecular flexibility index (Phi) is 5.75. The Morgan fingerprint density at radius 1 is 0.784 bits per heavy atom. The van der Waals surface area contributed by atoms with Gasteiger partial charge in [0, 0.05) is 5.56 Å². The predicted octanol–water partition coefficient (Wildman–Crippen LogP) is 5.04. The van der Waals surface area contributed by atoms with E-state index in [1.165, 1.54) is 22.6 Å². The first kappa shape index (κ1) is 23.3. The molecule has 6 atom stereocenters. The molecule has 0 unspecified atom stereocenters. The highest BCUT2D eigenvalue weighted by atomic mass is 16.5. The van der Waals surface area contributed by atoms with Crippen LogP contribution in [0, 0.1) is 23.7 Å². The van der Waals surface area contributed by atoms with Crippen LogP contribution in [0.5, 0.6) is 0 Å². The fourth-order valence-electron chi connectivity index (χ4n) is 6.66. The predicted molar refractivity (Wildman–Crippen MR) is 137 cm³/mol. The van der Waals surface area contributed by atoms with E-state index in [-0.39, 0.29) is 46.8 Å². The first-order chi connectivity index (χ1) is 17.9. The maximum absolute atomic E-state index is 13.5. The van der Waals surface area contributed by atoms with Crippen molar-refractivity contribution in [2.24, 2.45) is 23.7 Å². The molecule has 1 aliphatic heterocycles. The van der Waals surface area contributed by atoms with Gasteiger partial charge >= 0.3 is 5.97 Å². The maximum Gasteiger partial charge on any atom is 0.338 e. The summed E-state index contributed by atoms with van der Waals surface area (Å²) < 4.78 is 5.38. The summed E-state index contributed by atoms with van der Waals surface area (Å²) in [5.74, 6) is -1.03. The Morgan fingerprint density at radius 3 is 2.08 bits per heavy atom. The lowest BCUT2D eigenvalue weighted by Gasteiger charge is -2.28. The molecular formula is C31H27NO5. The number of ether oxygens (including phenoxy) is 1. The molecule has 3 aromatic carbocycles. The van der Waals surface area contributed by atoms with Gasteiger partial charge in [0.1, 0.15) is 0 Å².